The molecule has 0 aliphatic carbocycles. The van der Waals surface area contributed by atoms with Crippen LogP contribution in [0.4, 0.5) is 5.69 Å². The number of anilines is 1. The number of oxazole rings is 1. The van der Waals surface area contributed by atoms with E-state index in [-0.39, 0.29) is 10.7 Å². The standard InChI is InChI=1S/C27H27N3O4S/c1-5-16(2)18-11-14-21-20(15-18)29-26(34-21)17-9-12-19(13-10-17)28-27(35)30-25(31)24-22(32-3)7-6-8-23(24)33-4/h6-16H,5H2,1-4H3,(H2,28,30,31,35)/t16-/m1/s1. The highest BCUT2D eigenvalue weighted by Gasteiger charge is 2.19. The Morgan fingerprint density at radius 2 is 1.74 bits per heavy atom. The zero-order chi connectivity index (χ0) is 24.9. The van der Waals surface area contributed by atoms with Crippen molar-refractivity contribution in [3.8, 4) is 23.0 Å². The van der Waals surface area contributed by atoms with E-state index in [1.165, 1.54) is 19.8 Å². The Hall–Kier alpha value is -3.91. The highest BCUT2D eigenvalue weighted by molar-refractivity contribution is 7.80. The Bertz CT molecular complexity index is 1340. The van der Waals surface area contributed by atoms with E-state index in [2.05, 4.69) is 41.6 Å². The van der Waals surface area contributed by atoms with E-state index in [0.717, 1.165) is 23.1 Å². The second kappa shape index (κ2) is 10.6. The molecule has 3 aromatic carbocycles. The Balaban J connectivity index is 1.45. The molecule has 0 bridgehead atoms. The molecule has 7 nitrogen and oxygen atoms in total. The molecule has 1 amide bonds. The van der Waals surface area contributed by atoms with Crippen LogP contribution in [0.2, 0.25) is 0 Å². The highest BCUT2D eigenvalue weighted by atomic mass is 32.1. The van der Waals surface area contributed by atoms with E-state index in [4.69, 9.17) is 26.1 Å². The molecular formula is C27H27N3O4S. The van der Waals surface area contributed by atoms with Gasteiger partial charge in [0.1, 0.15) is 22.6 Å². The van der Waals surface area contributed by atoms with E-state index in [0.29, 0.717) is 29.0 Å². The van der Waals surface area contributed by atoms with Gasteiger partial charge in [0, 0.05) is 11.3 Å². The van der Waals surface area contributed by atoms with Gasteiger partial charge in [0.2, 0.25) is 5.89 Å². The second-order valence-corrected chi connectivity index (χ2v) is 8.49. The number of thiocarbonyl (C=S) groups is 1. The maximum Gasteiger partial charge on any atom is 0.264 e. The van der Waals surface area contributed by atoms with Crippen LogP contribution in [0.15, 0.2) is 65.1 Å². The zero-order valence-electron chi connectivity index (χ0n) is 20.0. The van der Waals surface area contributed by atoms with Gasteiger partial charge in [0.05, 0.1) is 14.2 Å². The molecule has 35 heavy (non-hydrogen) atoms. The number of fused-ring (bicyclic) bond motifs is 1. The fraction of sp³-hybridized carbons (Fsp3) is 0.222. The Morgan fingerprint density at radius 1 is 1.06 bits per heavy atom. The number of ether oxygens (including phenoxy) is 2. The number of hydrogen-bond acceptors (Lipinski definition) is 6. The van der Waals surface area contributed by atoms with Gasteiger partial charge in [-0.15, -0.1) is 0 Å². The molecule has 4 rings (SSSR count). The Kier molecular flexibility index (Phi) is 7.31. The lowest BCUT2D eigenvalue weighted by atomic mass is 9.98. The summed E-state index contributed by atoms with van der Waals surface area (Å²) in [6, 6.07) is 18.7. The van der Waals surface area contributed by atoms with Crippen molar-refractivity contribution in [3.05, 3.63) is 71.8 Å². The maximum absolute atomic E-state index is 12.8. The lowest BCUT2D eigenvalue weighted by Crippen LogP contribution is -2.34. The van der Waals surface area contributed by atoms with Gasteiger partial charge in [0.25, 0.3) is 5.91 Å². The van der Waals surface area contributed by atoms with Crippen molar-refractivity contribution in [3.63, 3.8) is 0 Å². The summed E-state index contributed by atoms with van der Waals surface area (Å²) in [5.74, 6) is 1.37. The van der Waals surface area contributed by atoms with Crippen LogP contribution in [0, 0.1) is 0 Å². The first kappa shape index (κ1) is 24.2. The predicted molar refractivity (Wildman–Crippen MR) is 141 cm³/mol. The van der Waals surface area contributed by atoms with Gasteiger partial charge in [-0.05, 0) is 78.7 Å². The second-order valence-electron chi connectivity index (χ2n) is 8.08. The molecule has 0 radical (unpaired) electrons. The van der Waals surface area contributed by atoms with Crippen LogP contribution >= 0.6 is 12.2 Å². The number of nitrogens with zero attached hydrogens (tertiary/aromatic N) is 1. The number of benzene rings is 3. The third-order valence-corrected chi connectivity index (χ3v) is 6.07. The SMILES string of the molecule is CC[C@@H](C)c1ccc2oc(-c3ccc(NC(=S)NC(=O)c4c(OC)cccc4OC)cc3)nc2c1. The van der Waals surface area contributed by atoms with Crippen molar-refractivity contribution < 1.29 is 18.7 Å². The third-order valence-electron chi connectivity index (χ3n) is 5.86. The van der Waals surface area contributed by atoms with Gasteiger partial charge in [0.15, 0.2) is 10.7 Å². The fourth-order valence-electron chi connectivity index (χ4n) is 3.71. The minimum Gasteiger partial charge on any atom is -0.496 e. The average Bonchev–Trinajstić information content (AvgIpc) is 3.31. The molecule has 180 valence electrons. The van der Waals surface area contributed by atoms with Gasteiger partial charge in [-0.25, -0.2) is 4.98 Å². The summed E-state index contributed by atoms with van der Waals surface area (Å²) in [5.41, 5.74) is 4.66. The summed E-state index contributed by atoms with van der Waals surface area (Å²) in [6.07, 6.45) is 1.07. The zero-order valence-corrected chi connectivity index (χ0v) is 20.9. The van der Waals surface area contributed by atoms with Crippen LogP contribution in [0.3, 0.4) is 0 Å². The minimum atomic E-state index is -0.434. The first-order valence-electron chi connectivity index (χ1n) is 11.3. The van der Waals surface area contributed by atoms with E-state index < -0.39 is 5.91 Å². The van der Waals surface area contributed by atoms with Gasteiger partial charge in [-0.1, -0.05) is 26.0 Å². The summed E-state index contributed by atoms with van der Waals surface area (Å²) in [6.45, 7) is 4.37. The van der Waals surface area contributed by atoms with Crippen molar-refractivity contribution in [2.45, 2.75) is 26.2 Å². The number of carbonyl (C=O) groups excluding carboxylic acids is 1. The van der Waals surface area contributed by atoms with Gasteiger partial charge < -0.3 is 19.2 Å². The van der Waals surface area contributed by atoms with Gasteiger partial charge in [-0.2, -0.15) is 0 Å². The lowest BCUT2D eigenvalue weighted by molar-refractivity contribution is 0.0971. The van der Waals surface area contributed by atoms with Gasteiger partial charge in [-0.3, -0.25) is 10.1 Å². The molecule has 0 aliphatic rings. The normalized spacial score (nSPS) is 11.7. The molecule has 1 aromatic heterocycles. The summed E-state index contributed by atoms with van der Waals surface area (Å²) in [7, 11) is 2.98. The number of methoxy groups -OCH3 is 2. The molecule has 0 spiro atoms. The molecule has 4 aromatic rings. The van der Waals surface area contributed by atoms with Crippen LogP contribution in [0.5, 0.6) is 11.5 Å². The van der Waals surface area contributed by atoms with Crippen LogP contribution in [-0.2, 0) is 0 Å². The van der Waals surface area contributed by atoms with E-state index in [1.807, 2.05) is 30.3 Å². The van der Waals surface area contributed by atoms with Crippen molar-refractivity contribution in [1.29, 1.82) is 0 Å². The molecule has 1 atom stereocenters. The highest BCUT2D eigenvalue weighted by Crippen LogP contribution is 2.29. The monoisotopic (exact) mass is 489 g/mol. The fourth-order valence-corrected chi connectivity index (χ4v) is 3.92. The molecule has 0 saturated heterocycles. The minimum absolute atomic E-state index is 0.148. The lowest BCUT2D eigenvalue weighted by Gasteiger charge is -2.14. The van der Waals surface area contributed by atoms with Crippen LogP contribution < -0.4 is 20.1 Å². The molecule has 0 unspecified atom stereocenters. The molecular weight excluding hydrogens is 462 g/mol. The molecule has 1 heterocycles. The molecule has 0 saturated carbocycles. The predicted octanol–water partition coefficient (Wildman–Crippen LogP) is 6.15. The van der Waals surface area contributed by atoms with Crippen LogP contribution in [-0.4, -0.2) is 30.2 Å². The summed E-state index contributed by atoms with van der Waals surface area (Å²) < 4.78 is 16.5. The van der Waals surface area contributed by atoms with Crippen molar-refractivity contribution in [2.75, 3.05) is 19.5 Å². The molecule has 0 aliphatic heterocycles. The smallest absolute Gasteiger partial charge is 0.264 e. The third kappa shape index (κ3) is 5.27. The van der Waals surface area contributed by atoms with Crippen molar-refractivity contribution in [1.82, 2.24) is 10.3 Å². The van der Waals surface area contributed by atoms with Crippen LogP contribution in [0.1, 0.15) is 42.1 Å². The number of amides is 1. The largest absolute Gasteiger partial charge is 0.496 e. The number of carbonyl (C=O) groups is 1. The summed E-state index contributed by atoms with van der Waals surface area (Å²) in [5, 5.41) is 5.83. The average molecular weight is 490 g/mol. The number of aromatic nitrogens is 1. The van der Waals surface area contributed by atoms with Gasteiger partial charge >= 0.3 is 0 Å². The van der Waals surface area contributed by atoms with Crippen molar-refractivity contribution in [2.24, 2.45) is 0 Å². The Morgan fingerprint density at radius 3 is 2.37 bits per heavy atom. The summed E-state index contributed by atoms with van der Waals surface area (Å²) >= 11 is 5.33. The first-order valence-corrected chi connectivity index (χ1v) is 11.7. The summed E-state index contributed by atoms with van der Waals surface area (Å²) in [4.78, 5) is 17.5. The molecule has 0 fully saturated rings. The quantitative estimate of drug-likeness (QED) is 0.301. The number of nitrogens with one attached hydrogen (secondary N) is 2. The number of rotatable bonds is 7. The first-order chi connectivity index (χ1) is 16.9. The van der Waals surface area contributed by atoms with E-state index in [9.17, 15) is 4.79 Å². The molecule has 8 heteroatoms. The maximum atomic E-state index is 12.8. The van der Waals surface area contributed by atoms with E-state index >= 15 is 0 Å². The van der Waals surface area contributed by atoms with Crippen molar-refractivity contribution >= 4 is 40.0 Å². The Labute approximate surface area is 209 Å². The van der Waals surface area contributed by atoms with E-state index in [1.54, 1.807) is 18.2 Å². The topological polar surface area (TPSA) is 85.6 Å². The van der Waals surface area contributed by atoms with Crippen LogP contribution in [0.25, 0.3) is 22.6 Å². The number of hydrogen-bond donors (Lipinski definition) is 2. The molecule has 2 N–H and O–H groups in total.